The van der Waals surface area contributed by atoms with Crippen molar-refractivity contribution in [2.75, 3.05) is 17.2 Å². The van der Waals surface area contributed by atoms with Crippen LogP contribution in [-0.4, -0.2) is 17.6 Å². The SMILES string of the molecule is CCCCN(c1cc(N)ccn1)C(C)CC. The molecule has 3 heteroatoms. The van der Waals surface area contributed by atoms with Crippen LogP contribution in [0.25, 0.3) is 0 Å². The maximum atomic E-state index is 5.80. The van der Waals surface area contributed by atoms with Gasteiger partial charge < -0.3 is 10.6 Å². The Morgan fingerprint density at radius 2 is 2.19 bits per heavy atom. The van der Waals surface area contributed by atoms with E-state index in [2.05, 4.69) is 30.7 Å². The first-order valence-corrected chi connectivity index (χ1v) is 6.17. The molecule has 0 bridgehead atoms. The zero-order valence-electron chi connectivity index (χ0n) is 10.6. The summed E-state index contributed by atoms with van der Waals surface area (Å²) in [4.78, 5) is 6.75. The lowest BCUT2D eigenvalue weighted by atomic mass is 10.2. The molecule has 0 saturated heterocycles. The van der Waals surface area contributed by atoms with Gasteiger partial charge in [0.2, 0.25) is 0 Å². The Bertz CT molecular complexity index is 312. The van der Waals surface area contributed by atoms with E-state index in [1.165, 1.54) is 12.8 Å². The van der Waals surface area contributed by atoms with Crippen LogP contribution < -0.4 is 10.6 Å². The molecule has 0 aromatic carbocycles. The maximum absolute atomic E-state index is 5.80. The Balaban J connectivity index is 2.82. The Kier molecular flexibility index (Phi) is 5.09. The average molecular weight is 221 g/mol. The van der Waals surface area contributed by atoms with Crippen LogP contribution in [0.1, 0.15) is 40.0 Å². The molecular weight excluding hydrogens is 198 g/mol. The molecule has 0 saturated carbocycles. The van der Waals surface area contributed by atoms with Crippen molar-refractivity contribution >= 4 is 11.5 Å². The Morgan fingerprint density at radius 3 is 2.75 bits per heavy atom. The van der Waals surface area contributed by atoms with E-state index in [0.717, 1.165) is 24.5 Å². The molecule has 1 atom stereocenters. The van der Waals surface area contributed by atoms with Gasteiger partial charge in [0, 0.05) is 30.5 Å². The molecule has 1 aromatic heterocycles. The molecule has 90 valence electrons. The number of rotatable bonds is 6. The summed E-state index contributed by atoms with van der Waals surface area (Å²) in [5, 5.41) is 0. The molecule has 0 fully saturated rings. The highest BCUT2D eigenvalue weighted by atomic mass is 15.2. The van der Waals surface area contributed by atoms with Gasteiger partial charge in [-0.25, -0.2) is 4.98 Å². The largest absolute Gasteiger partial charge is 0.399 e. The molecular formula is C13H23N3. The second kappa shape index (κ2) is 6.36. The van der Waals surface area contributed by atoms with E-state index < -0.39 is 0 Å². The fraction of sp³-hybridized carbons (Fsp3) is 0.615. The molecule has 1 unspecified atom stereocenters. The summed E-state index contributed by atoms with van der Waals surface area (Å²) in [6.45, 7) is 7.71. The van der Waals surface area contributed by atoms with Crippen molar-refractivity contribution in [2.45, 2.75) is 46.1 Å². The van der Waals surface area contributed by atoms with Gasteiger partial charge in [0.1, 0.15) is 5.82 Å². The average Bonchev–Trinajstić information content (AvgIpc) is 2.29. The maximum Gasteiger partial charge on any atom is 0.130 e. The number of nitrogen functional groups attached to an aromatic ring is 1. The molecule has 0 aliphatic carbocycles. The smallest absolute Gasteiger partial charge is 0.130 e. The van der Waals surface area contributed by atoms with Gasteiger partial charge in [0.25, 0.3) is 0 Å². The normalized spacial score (nSPS) is 12.4. The van der Waals surface area contributed by atoms with Crippen LogP contribution >= 0.6 is 0 Å². The highest BCUT2D eigenvalue weighted by molar-refractivity contribution is 5.50. The fourth-order valence-corrected chi connectivity index (χ4v) is 1.70. The third-order valence-corrected chi connectivity index (χ3v) is 2.94. The Labute approximate surface area is 98.7 Å². The summed E-state index contributed by atoms with van der Waals surface area (Å²) < 4.78 is 0. The van der Waals surface area contributed by atoms with Gasteiger partial charge in [0.05, 0.1) is 0 Å². The Hall–Kier alpha value is -1.25. The van der Waals surface area contributed by atoms with Gasteiger partial charge in [-0.3, -0.25) is 0 Å². The van der Waals surface area contributed by atoms with Crippen LogP contribution in [0.4, 0.5) is 11.5 Å². The predicted molar refractivity (Wildman–Crippen MR) is 70.7 cm³/mol. The lowest BCUT2D eigenvalue weighted by Crippen LogP contribution is -2.34. The zero-order chi connectivity index (χ0) is 12.0. The van der Waals surface area contributed by atoms with Gasteiger partial charge in [-0.1, -0.05) is 20.3 Å². The van der Waals surface area contributed by atoms with E-state index >= 15 is 0 Å². The summed E-state index contributed by atoms with van der Waals surface area (Å²) in [7, 11) is 0. The number of unbranched alkanes of at least 4 members (excludes halogenated alkanes) is 1. The van der Waals surface area contributed by atoms with Crippen molar-refractivity contribution in [1.29, 1.82) is 0 Å². The molecule has 2 N–H and O–H groups in total. The zero-order valence-corrected chi connectivity index (χ0v) is 10.6. The highest BCUT2D eigenvalue weighted by Crippen LogP contribution is 2.18. The minimum Gasteiger partial charge on any atom is -0.399 e. The van der Waals surface area contributed by atoms with Crippen molar-refractivity contribution in [1.82, 2.24) is 4.98 Å². The first-order valence-electron chi connectivity index (χ1n) is 6.17. The third-order valence-electron chi connectivity index (χ3n) is 2.94. The lowest BCUT2D eigenvalue weighted by molar-refractivity contribution is 0.590. The van der Waals surface area contributed by atoms with E-state index in [0.29, 0.717) is 6.04 Å². The third kappa shape index (κ3) is 3.40. The standard InChI is InChI=1S/C13H23N3/c1-4-6-9-16(11(3)5-2)13-10-12(14)7-8-15-13/h7-8,10-11H,4-6,9H2,1-3H3,(H2,14,15). The highest BCUT2D eigenvalue weighted by Gasteiger charge is 2.13. The van der Waals surface area contributed by atoms with Crippen LogP contribution in [0, 0.1) is 0 Å². The summed E-state index contributed by atoms with van der Waals surface area (Å²) >= 11 is 0. The van der Waals surface area contributed by atoms with Crippen LogP contribution in [0.3, 0.4) is 0 Å². The molecule has 0 amide bonds. The summed E-state index contributed by atoms with van der Waals surface area (Å²) in [6, 6.07) is 4.31. The predicted octanol–water partition coefficient (Wildman–Crippen LogP) is 3.07. The summed E-state index contributed by atoms with van der Waals surface area (Å²) in [6.07, 6.45) is 5.31. The Morgan fingerprint density at radius 1 is 1.44 bits per heavy atom. The number of pyridine rings is 1. The van der Waals surface area contributed by atoms with E-state index in [-0.39, 0.29) is 0 Å². The van der Waals surface area contributed by atoms with Crippen molar-refractivity contribution in [3.05, 3.63) is 18.3 Å². The number of aromatic nitrogens is 1. The number of hydrogen-bond acceptors (Lipinski definition) is 3. The number of nitrogens with two attached hydrogens (primary N) is 1. The summed E-state index contributed by atoms with van der Waals surface area (Å²) in [5.74, 6) is 1.00. The quantitative estimate of drug-likeness (QED) is 0.802. The first kappa shape index (κ1) is 12.8. The van der Waals surface area contributed by atoms with Gasteiger partial charge >= 0.3 is 0 Å². The number of nitrogens with zero attached hydrogens (tertiary/aromatic N) is 2. The minimum atomic E-state index is 0.515. The van der Waals surface area contributed by atoms with Crippen LogP contribution in [0.2, 0.25) is 0 Å². The number of anilines is 2. The fourth-order valence-electron chi connectivity index (χ4n) is 1.70. The van der Waals surface area contributed by atoms with E-state index in [4.69, 9.17) is 5.73 Å². The molecule has 0 aliphatic rings. The molecule has 1 heterocycles. The molecule has 0 radical (unpaired) electrons. The monoisotopic (exact) mass is 221 g/mol. The molecule has 1 aromatic rings. The van der Waals surface area contributed by atoms with Gasteiger partial charge in [0.15, 0.2) is 0 Å². The molecule has 16 heavy (non-hydrogen) atoms. The second-order valence-corrected chi connectivity index (χ2v) is 4.25. The van der Waals surface area contributed by atoms with E-state index in [1.54, 1.807) is 6.20 Å². The van der Waals surface area contributed by atoms with Gasteiger partial charge in [-0.05, 0) is 25.8 Å². The molecule has 1 rings (SSSR count). The summed E-state index contributed by atoms with van der Waals surface area (Å²) in [5.41, 5.74) is 6.59. The number of hydrogen-bond donors (Lipinski definition) is 1. The van der Waals surface area contributed by atoms with E-state index in [1.807, 2.05) is 12.1 Å². The van der Waals surface area contributed by atoms with Crippen LogP contribution in [-0.2, 0) is 0 Å². The van der Waals surface area contributed by atoms with Crippen molar-refractivity contribution in [3.8, 4) is 0 Å². The van der Waals surface area contributed by atoms with Gasteiger partial charge in [-0.2, -0.15) is 0 Å². The molecule has 0 spiro atoms. The first-order chi connectivity index (χ1) is 7.69. The van der Waals surface area contributed by atoms with Crippen molar-refractivity contribution in [2.24, 2.45) is 0 Å². The molecule has 3 nitrogen and oxygen atoms in total. The van der Waals surface area contributed by atoms with Crippen LogP contribution in [0.5, 0.6) is 0 Å². The second-order valence-electron chi connectivity index (χ2n) is 4.25. The topological polar surface area (TPSA) is 42.1 Å². The minimum absolute atomic E-state index is 0.515. The lowest BCUT2D eigenvalue weighted by Gasteiger charge is -2.29. The van der Waals surface area contributed by atoms with E-state index in [9.17, 15) is 0 Å². The van der Waals surface area contributed by atoms with Crippen molar-refractivity contribution in [3.63, 3.8) is 0 Å². The van der Waals surface area contributed by atoms with Crippen molar-refractivity contribution < 1.29 is 0 Å². The van der Waals surface area contributed by atoms with Crippen LogP contribution in [0.15, 0.2) is 18.3 Å². The van der Waals surface area contributed by atoms with Gasteiger partial charge in [-0.15, -0.1) is 0 Å². The molecule has 0 aliphatic heterocycles.